The molecule has 0 atom stereocenters. The zero-order chi connectivity index (χ0) is 14.0. The van der Waals surface area contributed by atoms with Crippen molar-refractivity contribution < 1.29 is 4.92 Å². The largest absolute Gasteiger partial charge is 0.354 e. The van der Waals surface area contributed by atoms with Crippen LogP contribution >= 0.6 is 0 Å². The van der Waals surface area contributed by atoms with E-state index in [1.807, 2.05) is 18.7 Å². The topological polar surface area (TPSA) is 110 Å². The molecule has 2 rings (SSSR count). The van der Waals surface area contributed by atoms with E-state index in [1.165, 1.54) is 19.2 Å². The van der Waals surface area contributed by atoms with Gasteiger partial charge in [0.15, 0.2) is 0 Å². The number of hydrazine groups is 1. The van der Waals surface area contributed by atoms with E-state index in [0.717, 1.165) is 6.54 Å². The first kappa shape index (κ1) is 13.5. The first-order valence-electron chi connectivity index (χ1n) is 6.27. The Morgan fingerprint density at radius 2 is 2.26 bits per heavy atom. The summed E-state index contributed by atoms with van der Waals surface area (Å²) >= 11 is 0. The second-order valence-electron chi connectivity index (χ2n) is 4.99. The summed E-state index contributed by atoms with van der Waals surface area (Å²) < 4.78 is 0. The summed E-state index contributed by atoms with van der Waals surface area (Å²) in [7, 11) is 0. The minimum atomic E-state index is -0.493. The summed E-state index contributed by atoms with van der Waals surface area (Å²) in [4.78, 5) is 20.6. The molecule has 19 heavy (non-hydrogen) atoms. The Hall–Kier alpha value is -1.96. The molecule has 0 amide bonds. The lowest BCUT2D eigenvalue weighted by atomic mass is 10.2. The number of nitrogens with zero attached hydrogens (tertiary/aromatic N) is 4. The molecule has 0 bridgehead atoms. The van der Waals surface area contributed by atoms with Gasteiger partial charge in [0.25, 0.3) is 0 Å². The second-order valence-corrected chi connectivity index (χ2v) is 4.99. The molecule has 0 aliphatic heterocycles. The van der Waals surface area contributed by atoms with Crippen LogP contribution in [0.1, 0.15) is 26.7 Å². The van der Waals surface area contributed by atoms with Crippen molar-refractivity contribution in [3.63, 3.8) is 0 Å². The van der Waals surface area contributed by atoms with Gasteiger partial charge in [-0.2, -0.15) is 0 Å². The molecule has 1 aromatic rings. The van der Waals surface area contributed by atoms with Crippen LogP contribution in [0.2, 0.25) is 0 Å². The summed E-state index contributed by atoms with van der Waals surface area (Å²) in [5.74, 6) is 6.25. The fourth-order valence-electron chi connectivity index (χ4n) is 1.97. The lowest BCUT2D eigenvalue weighted by Crippen LogP contribution is -2.34. The third-order valence-corrected chi connectivity index (χ3v) is 3.17. The normalized spacial score (nSPS) is 14.5. The maximum atomic E-state index is 11.2. The number of nitrogens with two attached hydrogens (primary N) is 1. The Labute approximate surface area is 111 Å². The second kappa shape index (κ2) is 5.35. The van der Waals surface area contributed by atoms with E-state index < -0.39 is 4.92 Å². The van der Waals surface area contributed by atoms with Crippen molar-refractivity contribution in [2.45, 2.75) is 32.7 Å². The van der Waals surface area contributed by atoms with Crippen LogP contribution in [0.3, 0.4) is 0 Å². The van der Waals surface area contributed by atoms with E-state index in [9.17, 15) is 10.1 Å². The number of nitrogens with one attached hydrogen (secondary N) is 1. The van der Waals surface area contributed by atoms with Gasteiger partial charge in [0.1, 0.15) is 6.33 Å². The summed E-state index contributed by atoms with van der Waals surface area (Å²) in [6.45, 7) is 4.76. The average molecular weight is 266 g/mol. The first-order chi connectivity index (χ1) is 9.04. The average Bonchev–Trinajstić information content (AvgIpc) is 3.18. The Morgan fingerprint density at radius 1 is 1.58 bits per heavy atom. The third kappa shape index (κ3) is 2.90. The first-order valence-corrected chi connectivity index (χ1v) is 6.27. The van der Waals surface area contributed by atoms with Crippen molar-refractivity contribution in [3.8, 4) is 0 Å². The summed E-state index contributed by atoms with van der Waals surface area (Å²) in [6.07, 6.45) is 3.63. The van der Waals surface area contributed by atoms with E-state index in [0.29, 0.717) is 11.7 Å². The van der Waals surface area contributed by atoms with E-state index in [2.05, 4.69) is 15.4 Å². The van der Waals surface area contributed by atoms with Gasteiger partial charge in [-0.3, -0.25) is 10.1 Å². The maximum Gasteiger partial charge on any atom is 0.354 e. The molecule has 1 saturated carbocycles. The highest BCUT2D eigenvalue weighted by Gasteiger charge is 2.32. The number of hydrogen-bond donors (Lipinski definition) is 2. The van der Waals surface area contributed by atoms with Crippen molar-refractivity contribution in [3.05, 3.63) is 16.4 Å². The molecule has 1 heterocycles. The highest BCUT2D eigenvalue weighted by molar-refractivity contribution is 5.70. The lowest BCUT2D eigenvalue weighted by Gasteiger charge is -2.27. The zero-order valence-electron chi connectivity index (χ0n) is 11.0. The number of nitrogen functional groups attached to an aromatic ring is 1. The molecular weight excluding hydrogens is 248 g/mol. The molecule has 1 aliphatic carbocycles. The molecule has 104 valence electrons. The highest BCUT2D eigenvalue weighted by atomic mass is 16.6. The van der Waals surface area contributed by atoms with Crippen molar-refractivity contribution in [2.24, 2.45) is 11.8 Å². The van der Waals surface area contributed by atoms with Crippen molar-refractivity contribution in [2.75, 3.05) is 16.9 Å². The fraction of sp³-hybridized carbons (Fsp3) is 0.636. The fourth-order valence-corrected chi connectivity index (χ4v) is 1.97. The van der Waals surface area contributed by atoms with Crippen LogP contribution in [0, 0.1) is 16.0 Å². The molecule has 0 saturated heterocycles. The smallest absolute Gasteiger partial charge is 0.348 e. The number of anilines is 2. The lowest BCUT2D eigenvalue weighted by molar-refractivity contribution is -0.383. The van der Waals surface area contributed by atoms with Gasteiger partial charge in [0, 0.05) is 12.6 Å². The van der Waals surface area contributed by atoms with Gasteiger partial charge in [-0.05, 0) is 32.6 Å². The summed E-state index contributed by atoms with van der Waals surface area (Å²) in [5.41, 5.74) is 2.09. The monoisotopic (exact) mass is 266 g/mol. The molecule has 1 aromatic heterocycles. The Balaban J connectivity index is 2.42. The van der Waals surface area contributed by atoms with Gasteiger partial charge >= 0.3 is 5.69 Å². The molecular formula is C11H18N6O2. The maximum absolute atomic E-state index is 11.2. The van der Waals surface area contributed by atoms with Crippen molar-refractivity contribution in [1.29, 1.82) is 0 Å². The van der Waals surface area contributed by atoms with Crippen molar-refractivity contribution in [1.82, 2.24) is 9.97 Å². The number of rotatable bonds is 6. The highest BCUT2D eigenvalue weighted by Crippen LogP contribution is 2.36. The van der Waals surface area contributed by atoms with Crippen LogP contribution in [-0.2, 0) is 0 Å². The molecule has 1 aliphatic rings. The Bertz CT molecular complexity index is 474. The predicted molar refractivity (Wildman–Crippen MR) is 71.7 cm³/mol. The van der Waals surface area contributed by atoms with Gasteiger partial charge in [-0.25, -0.2) is 15.8 Å². The number of nitro groups is 1. The SMILES string of the molecule is CC(C)N(CC1CC1)c1ncnc(NN)c1[N+](=O)[O-]. The Morgan fingerprint density at radius 3 is 2.74 bits per heavy atom. The van der Waals surface area contributed by atoms with Crippen LogP contribution in [0.4, 0.5) is 17.3 Å². The van der Waals surface area contributed by atoms with E-state index in [4.69, 9.17) is 5.84 Å². The van der Waals surface area contributed by atoms with Gasteiger partial charge < -0.3 is 10.3 Å². The molecule has 8 nitrogen and oxygen atoms in total. The number of hydrogen-bond acceptors (Lipinski definition) is 7. The molecule has 1 fully saturated rings. The van der Waals surface area contributed by atoms with Gasteiger partial charge in [-0.1, -0.05) is 0 Å². The molecule has 3 N–H and O–H groups in total. The van der Waals surface area contributed by atoms with Crippen LogP contribution in [0.25, 0.3) is 0 Å². The van der Waals surface area contributed by atoms with Crippen LogP contribution in [0.5, 0.6) is 0 Å². The van der Waals surface area contributed by atoms with E-state index in [-0.39, 0.29) is 17.5 Å². The molecule has 0 radical (unpaired) electrons. The third-order valence-electron chi connectivity index (χ3n) is 3.17. The van der Waals surface area contributed by atoms with Gasteiger partial charge in [-0.15, -0.1) is 0 Å². The minimum Gasteiger partial charge on any atom is -0.348 e. The number of aromatic nitrogens is 2. The van der Waals surface area contributed by atoms with Crippen LogP contribution < -0.4 is 16.2 Å². The quantitative estimate of drug-likeness (QED) is 0.453. The molecule has 0 unspecified atom stereocenters. The standard InChI is InChI=1S/C11H18N6O2/c1-7(2)16(5-8-3-4-8)11-9(17(18)19)10(15-12)13-6-14-11/h6-8H,3-5,12H2,1-2H3,(H,13,14,15). The van der Waals surface area contributed by atoms with Gasteiger partial charge in [0.2, 0.25) is 11.6 Å². The predicted octanol–water partition coefficient (Wildman–Crippen LogP) is 1.30. The zero-order valence-corrected chi connectivity index (χ0v) is 11.0. The summed E-state index contributed by atoms with van der Waals surface area (Å²) in [6, 6.07) is 0.125. The van der Waals surface area contributed by atoms with Crippen LogP contribution in [0.15, 0.2) is 6.33 Å². The minimum absolute atomic E-state index is 0.0384. The van der Waals surface area contributed by atoms with Gasteiger partial charge in [0.05, 0.1) is 4.92 Å². The Kier molecular flexibility index (Phi) is 3.79. The van der Waals surface area contributed by atoms with Crippen molar-refractivity contribution >= 4 is 17.3 Å². The summed E-state index contributed by atoms with van der Waals surface area (Å²) in [5, 5.41) is 11.2. The van der Waals surface area contributed by atoms with E-state index in [1.54, 1.807) is 0 Å². The molecule has 0 aromatic carbocycles. The molecule has 0 spiro atoms. The van der Waals surface area contributed by atoms with E-state index >= 15 is 0 Å². The van der Waals surface area contributed by atoms with Crippen LogP contribution in [-0.4, -0.2) is 27.5 Å². The molecule has 8 heteroatoms.